The van der Waals surface area contributed by atoms with Crippen molar-refractivity contribution < 1.29 is 18.0 Å². The fourth-order valence-corrected chi connectivity index (χ4v) is 3.47. The third-order valence-electron chi connectivity index (χ3n) is 4.52. The molecule has 0 saturated carbocycles. The van der Waals surface area contributed by atoms with E-state index in [1.807, 2.05) is 19.9 Å². The molecule has 5 nitrogen and oxygen atoms in total. The Labute approximate surface area is 147 Å². The molecule has 1 aromatic carbocycles. The largest absolute Gasteiger partial charge is 0.488 e. The van der Waals surface area contributed by atoms with Crippen LogP contribution < -0.4 is 15.8 Å². The lowest BCUT2D eigenvalue weighted by molar-refractivity contribution is 0.350. The molecule has 134 valence electrons. The summed E-state index contributed by atoms with van der Waals surface area (Å²) in [4.78, 5) is 24.7. The number of ether oxygens (including phenoxy) is 1. The van der Waals surface area contributed by atoms with Crippen LogP contribution in [0.4, 0.5) is 4.39 Å². The molecule has 4 rings (SSSR count). The van der Waals surface area contributed by atoms with Gasteiger partial charge in [-0.3, -0.25) is 4.79 Å². The zero-order valence-corrected chi connectivity index (χ0v) is 14.7. The van der Waals surface area contributed by atoms with Crippen LogP contribution in [-0.4, -0.2) is 6.61 Å². The molecule has 2 aromatic heterocycles. The number of benzene rings is 1. The van der Waals surface area contributed by atoms with Crippen LogP contribution in [0.2, 0.25) is 0 Å². The van der Waals surface area contributed by atoms with Gasteiger partial charge < -0.3 is 13.6 Å². The van der Waals surface area contributed by atoms with Crippen molar-refractivity contribution in [1.29, 1.82) is 0 Å². The van der Waals surface area contributed by atoms with E-state index in [9.17, 15) is 14.0 Å². The minimum Gasteiger partial charge on any atom is -0.488 e. The molecule has 0 amide bonds. The fourth-order valence-electron chi connectivity index (χ4n) is 3.47. The number of hydrogen-bond acceptors (Lipinski definition) is 5. The first-order valence-corrected chi connectivity index (χ1v) is 8.48. The standard InChI is InChI=1S/C20H17FO5/c1-4-5-11-14-17-12(6-9(2)8-24-17)18-15(13(22)7-10(3)25-18)19(14)26-20(23)16(11)21/h6-7H,4-5,8H2,1-3H3. The van der Waals surface area contributed by atoms with Gasteiger partial charge in [-0.15, -0.1) is 0 Å². The fraction of sp³-hybridized carbons (Fsp3) is 0.300. The van der Waals surface area contributed by atoms with Crippen LogP contribution in [0.15, 0.2) is 30.1 Å². The van der Waals surface area contributed by atoms with Crippen molar-refractivity contribution in [3.8, 4) is 5.75 Å². The van der Waals surface area contributed by atoms with E-state index in [0.717, 1.165) is 5.57 Å². The van der Waals surface area contributed by atoms with Gasteiger partial charge in [0.15, 0.2) is 16.6 Å². The van der Waals surface area contributed by atoms with Crippen LogP contribution >= 0.6 is 0 Å². The molecule has 0 bridgehead atoms. The van der Waals surface area contributed by atoms with E-state index in [0.29, 0.717) is 41.9 Å². The van der Waals surface area contributed by atoms with Crippen molar-refractivity contribution in [3.05, 3.63) is 55.0 Å². The number of rotatable bonds is 2. The Kier molecular flexibility index (Phi) is 3.72. The summed E-state index contributed by atoms with van der Waals surface area (Å²) in [7, 11) is 0. The molecular formula is C20H17FO5. The Balaban J connectivity index is 2.37. The van der Waals surface area contributed by atoms with Crippen molar-refractivity contribution in [2.75, 3.05) is 6.61 Å². The van der Waals surface area contributed by atoms with Crippen LogP contribution in [0.3, 0.4) is 0 Å². The van der Waals surface area contributed by atoms with E-state index in [1.54, 1.807) is 6.92 Å². The molecule has 0 fully saturated rings. The highest BCUT2D eigenvalue weighted by atomic mass is 19.1. The lowest BCUT2D eigenvalue weighted by Crippen LogP contribution is -2.15. The summed E-state index contributed by atoms with van der Waals surface area (Å²) >= 11 is 0. The zero-order chi connectivity index (χ0) is 18.6. The quantitative estimate of drug-likeness (QED) is 0.511. The molecule has 1 aliphatic heterocycles. The Bertz CT molecular complexity index is 1210. The van der Waals surface area contributed by atoms with Gasteiger partial charge in [-0.2, -0.15) is 4.39 Å². The monoisotopic (exact) mass is 356 g/mol. The molecule has 0 saturated heterocycles. The summed E-state index contributed by atoms with van der Waals surface area (Å²) in [5, 5.41) is 0.472. The first-order valence-electron chi connectivity index (χ1n) is 8.48. The van der Waals surface area contributed by atoms with Gasteiger partial charge in [-0.1, -0.05) is 13.3 Å². The maximum Gasteiger partial charge on any atom is 0.372 e. The molecule has 26 heavy (non-hydrogen) atoms. The van der Waals surface area contributed by atoms with E-state index in [2.05, 4.69) is 0 Å². The third kappa shape index (κ3) is 2.29. The number of halogens is 1. The lowest BCUT2D eigenvalue weighted by Gasteiger charge is -2.20. The van der Waals surface area contributed by atoms with Crippen LogP contribution in [0.5, 0.6) is 5.75 Å². The summed E-state index contributed by atoms with van der Waals surface area (Å²) in [5.41, 5.74) is 0.601. The Morgan fingerprint density at radius 1 is 1.12 bits per heavy atom. The van der Waals surface area contributed by atoms with Gasteiger partial charge in [-0.05, 0) is 31.9 Å². The average Bonchev–Trinajstić information content (AvgIpc) is 2.58. The first-order chi connectivity index (χ1) is 12.4. The highest BCUT2D eigenvalue weighted by Crippen LogP contribution is 2.42. The van der Waals surface area contributed by atoms with E-state index >= 15 is 0 Å². The third-order valence-corrected chi connectivity index (χ3v) is 4.52. The van der Waals surface area contributed by atoms with E-state index in [1.165, 1.54) is 6.07 Å². The highest BCUT2D eigenvalue weighted by Gasteiger charge is 2.27. The molecule has 0 N–H and O–H groups in total. The molecule has 1 aliphatic rings. The maximum atomic E-state index is 14.6. The Morgan fingerprint density at radius 3 is 2.62 bits per heavy atom. The van der Waals surface area contributed by atoms with Gasteiger partial charge >= 0.3 is 5.63 Å². The maximum absolute atomic E-state index is 14.6. The van der Waals surface area contributed by atoms with Gasteiger partial charge in [0.2, 0.25) is 5.82 Å². The van der Waals surface area contributed by atoms with Gasteiger partial charge in [0, 0.05) is 11.6 Å². The van der Waals surface area contributed by atoms with Crippen molar-refractivity contribution in [2.45, 2.75) is 33.6 Å². The summed E-state index contributed by atoms with van der Waals surface area (Å²) in [6.45, 7) is 5.78. The first kappa shape index (κ1) is 16.6. The van der Waals surface area contributed by atoms with E-state index < -0.39 is 11.4 Å². The summed E-state index contributed by atoms with van der Waals surface area (Å²) in [5.74, 6) is -0.121. The summed E-state index contributed by atoms with van der Waals surface area (Å²) in [6.07, 6.45) is 2.82. The number of aryl methyl sites for hydroxylation is 2. The Hall–Kier alpha value is -2.89. The molecule has 0 radical (unpaired) electrons. The lowest BCUT2D eigenvalue weighted by atomic mass is 9.96. The van der Waals surface area contributed by atoms with Gasteiger partial charge in [0.1, 0.15) is 23.5 Å². The van der Waals surface area contributed by atoms with Crippen molar-refractivity contribution in [1.82, 2.24) is 0 Å². The van der Waals surface area contributed by atoms with Crippen LogP contribution in [0.25, 0.3) is 28.0 Å². The summed E-state index contributed by atoms with van der Waals surface area (Å²) < 4.78 is 31.4. The van der Waals surface area contributed by atoms with Crippen LogP contribution in [-0.2, 0) is 6.42 Å². The van der Waals surface area contributed by atoms with Crippen molar-refractivity contribution in [3.63, 3.8) is 0 Å². The minimum atomic E-state index is -1.09. The molecule has 0 aliphatic carbocycles. The zero-order valence-electron chi connectivity index (χ0n) is 14.7. The number of hydrogen-bond donors (Lipinski definition) is 0. The van der Waals surface area contributed by atoms with Crippen molar-refractivity contribution in [2.24, 2.45) is 0 Å². The second-order valence-electron chi connectivity index (χ2n) is 6.58. The SMILES string of the molecule is CCCc1c(F)c(=O)oc2c1c1c(c3oc(C)cc(=O)c32)C=C(C)CO1. The summed E-state index contributed by atoms with van der Waals surface area (Å²) in [6, 6.07) is 1.33. The smallest absolute Gasteiger partial charge is 0.372 e. The molecule has 0 unspecified atom stereocenters. The topological polar surface area (TPSA) is 69.7 Å². The van der Waals surface area contributed by atoms with E-state index in [4.69, 9.17) is 13.6 Å². The highest BCUT2D eigenvalue weighted by molar-refractivity contribution is 6.10. The second-order valence-corrected chi connectivity index (χ2v) is 6.58. The minimum absolute atomic E-state index is 0.0234. The molecular weight excluding hydrogens is 339 g/mol. The average molecular weight is 356 g/mol. The molecule has 3 aromatic rings. The molecule has 0 atom stereocenters. The van der Waals surface area contributed by atoms with E-state index in [-0.39, 0.29) is 27.5 Å². The van der Waals surface area contributed by atoms with Gasteiger partial charge in [-0.25, -0.2) is 4.79 Å². The predicted molar refractivity (Wildman–Crippen MR) is 96.4 cm³/mol. The normalized spacial score (nSPS) is 13.6. The van der Waals surface area contributed by atoms with Crippen LogP contribution in [0, 0.1) is 12.7 Å². The number of fused-ring (bicyclic) bond motifs is 6. The molecule has 0 spiro atoms. The predicted octanol–water partition coefficient (Wildman–Crippen LogP) is 4.10. The van der Waals surface area contributed by atoms with Crippen LogP contribution in [0.1, 0.15) is 37.2 Å². The van der Waals surface area contributed by atoms with Crippen molar-refractivity contribution >= 4 is 28.0 Å². The van der Waals surface area contributed by atoms with Gasteiger partial charge in [0.25, 0.3) is 0 Å². The Morgan fingerprint density at radius 2 is 1.88 bits per heavy atom. The molecule has 3 heterocycles. The second kappa shape index (κ2) is 5.83. The van der Waals surface area contributed by atoms with Gasteiger partial charge in [0.05, 0.1) is 10.9 Å². The molecule has 6 heteroatoms.